The highest BCUT2D eigenvalue weighted by Gasteiger charge is 2.26. The van der Waals surface area contributed by atoms with Crippen LogP contribution in [0.5, 0.6) is 0 Å². The van der Waals surface area contributed by atoms with E-state index in [-0.39, 0.29) is 17.6 Å². The van der Waals surface area contributed by atoms with E-state index in [1.807, 2.05) is 19.2 Å². The topological polar surface area (TPSA) is 45.2 Å². The molecule has 0 spiro atoms. The van der Waals surface area contributed by atoms with Crippen molar-refractivity contribution in [3.8, 4) is 0 Å². The van der Waals surface area contributed by atoms with Gasteiger partial charge in [-0.1, -0.05) is 12.1 Å². The minimum Gasteiger partial charge on any atom is -0.356 e. The Kier molecular flexibility index (Phi) is 5.91. The molecular weight excluding hydrogens is 397 g/mol. The molecule has 0 bridgehead atoms. The highest BCUT2D eigenvalue weighted by molar-refractivity contribution is 9.10. The summed E-state index contributed by atoms with van der Waals surface area (Å²) in [5, 5.41) is 2.94. The third kappa shape index (κ3) is 4.41. The first kappa shape index (κ1) is 18.8. The third-order valence-corrected chi connectivity index (χ3v) is 5.32. The maximum atomic E-state index is 13.6. The van der Waals surface area contributed by atoms with Crippen molar-refractivity contribution < 1.29 is 9.18 Å². The van der Waals surface area contributed by atoms with Gasteiger partial charge in [-0.05, 0) is 71.4 Å². The lowest BCUT2D eigenvalue weighted by Gasteiger charge is -2.33. The number of aryl methyl sites for hydroxylation is 2. The largest absolute Gasteiger partial charge is 0.356 e. The Morgan fingerprint density at radius 1 is 1.27 bits per heavy atom. The van der Waals surface area contributed by atoms with Gasteiger partial charge in [0.05, 0.1) is 0 Å². The highest BCUT2D eigenvalue weighted by atomic mass is 79.9. The zero-order chi connectivity index (χ0) is 18.7. The average Bonchev–Trinajstić information content (AvgIpc) is 2.63. The van der Waals surface area contributed by atoms with E-state index in [1.54, 1.807) is 13.0 Å². The summed E-state index contributed by atoms with van der Waals surface area (Å²) in [6.45, 7) is 5.77. The number of nitrogens with zero attached hydrogens (tertiary/aromatic N) is 2. The number of aromatic nitrogens is 1. The van der Waals surface area contributed by atoms with Crippen molar-refractivity contribution in [1.29, 1.82) is 0 Å². The van der Waals surface area contributed by atoms with Crippen molar-refractivity contribution in [2.45, 2.75) is 33.2 Å². The number of anilines is 1. The van der Waals surface area contributed by atoms with Crippen LogP contribution in [0.1, 0.15) is 29.5 Å². The van der Waals surface area contributed by atoms with Crippen LogP contribution < -0.4 is 10.2 Å². The van der Waals surface area contributed by atoms with Gasteiger partial charge in [0.15, 0.2) is 0 Å². The summed E-state index contributed by atoms with van der Waals surface area (Å²) in [6, 6.07) is 7.13. The van der Waals surface area contributed by atoms with Crippen molar-refractivity contribution in [2.75, 3.05) is 18.0 Å². The molecular formula is C20H23BrFN3O. The summed E-state index contributed by atoms with van der Waals surface area (Å²) < 4.78 is 14.6. The number of rotatable bonds is 4. The monoisotopic (exact) mass is 419 g/mol. The molecule has 3 rings (SSSR count). The molecule has 1 saturated heterocycles. The molecule has 4 nitrogen and oxygen atoms in total. The van der Waals surface area contributed by atoms with Crippen LogP contribution in [0.3, 0.4) is 0 Å². The number of pyridine rings is 1. The molecule has 0 saturated carbocycles. The van der Waals surface area contributed by atoms with E-state index in [0.717, 1.165) is 47.3 Å². The van der Waals surface area contributed by atoms with Gasteiger partial charge in [-0.3, -0.25) is 4.79 Å². The van der Waals surface area contributed by atoms with Crippen molar-refractivity contribution in [3.05, 3.63) is 57.4 Å². The summed E-state index contributed by atoms with van der Waals surface area (Å²) in [4.78, 5) is 19.2. The van der Waals surface area contributed by atoms with E-state index < -0.39 is 0 Å². The van der Waals surface area contributed by atoms with E-state index >= 15 is 0 Å². The lowest BCUT2D eigenvalue weighted by atomic mass is 9.95. The normalized spacial score (nSPS) is 15.2. The molecule has 1 aliphatic rings. The SMILES string of the molecule is Cc1ccc(CNC(=O)C2CCN(c3ncc(Br)cc3C)CC2)cc1F. The molecule has 2 heterocycles. The smallest absolute Gasteiger partial charge is 0.223 e. The number of benzene rings is 1. The number of carbonyl (C=O) groups excluding carboxylic acids is 1. The standard InChI is InChI=1S/C20H23BrFN3O/c1-13-3-4-15(10-18(13)22)11-24-20(26)16-5-7-25(8-6-16)19-14(2)9-17(21)12-23-19/h3-4,9-10,12,16H,5-8,11H2,1-2H3,(H,24,26). The molecule has 0 aliphatic carbocycles. The van der Waals surface area contributed by atoms with Crippen LogP contribution in [0.2, 0.25) is 0 Å². The summed E-state index contributed by atoms with van der Waals surface area (Å²) in [5.41, 5.74) is 2.53. The Hall–Kier alpha value is -1.95. The first-order valence-electron chi connectivity index (χ1n) is 8.84. The van der Waals surface area contributed by atoms with Crippen molar-refractivity contribution >= 4 is 27.7 Å². The first-order chi connectivity index (χ1) is 12.4. The molecule has 1 aromatic carbocycles. The lowest BCUT2D eigenvalue weighted by Crippen LogP contribution is -2.41. The van der Waals surface area contributed by atoms with Crippen LogP contribution in [0.15, 0.2) is 34.9 Å². The van der Waals surface area contributed by atoms with Crippen LogP contribution >= 0.6 is 15.9 Å². The summed E-state index contributed by atoms with van der Waals surface area (Å²) in [5.74, 6) is 0.799. The first-order valence-corrected chi connectivity index (χ1v) is 9.63. The van der Waals surface area contributed by atoms with E-state index in [4.69, 9.17) is 0 Å². The summed E-state index contributed by atoms with van der Waals surface area (Å²) in [6.07, 6.45) is 3.40. The molecule has 6 heteroatoms. The Balaban J connectivity index is 1.52. The van der Waals surface area contributed by atoms with Gasteiger partial charge in [-0.15, -0.1) is 0 Å². The number of hydrogen-bond donors (Lipinski definition) is 1. The molecule has 1 aromatic heterocycles. The van der Waals surface area contributed by atoms with E-state index in [1.165, 1.54) is 6.07 Å². The van der Waals surface area contributed by atoms with E-state index in [0.29, 0.717) is 12.1 Å². The van der Waals surface area contributed by atoms with Gasteiger partial charge in [-0.25, -0.2) is 9.37 Å². The zero-order valence-electron chi connectivity index (χ0n) is 15.1. The Labute approximate surface area is 161 Å². The second kappa shape index (κ2) is 8.16. The fraction of sp³-hybridized carbons (Fsp3) is 0.400. The number of piperidine rings is 1. The molecule has 0 atom stereocenters. The van der Waals surface area contributed by atoms with Crippen LogP contribution in [0, 0.1) is 25.6 Å². The minimum absolute atomic E-state index is 0.00250. The van der Waals surface area contributed by atoms with Crippen LogP contribution in [0.4, 0.5) is 10.2 Å². The molecule has 2 aromatic rings. The molecule has 26 heavy (non-hydrogen) atoms. The summed E-state index contributed by atoms with van der Waals surface area (Å²) in [7, 11) is 0. The number of nitrogens with one attached hydrogen (secondary N) is 1. The van der Waals surface area contributed by atoms with E-state index in [2.05, 4.69) is 37.2 Å². The second-order valence-electron chi connectivity index (χ2n) is 6.86. The van der Waals surface area contributed by atoms with Crippen LogP contribution in [-0.2, 0) is 11.3 Å². The lowest BCUT2D eigenvalue weighted by molar-refractivity contribution is -0.125. The Bertz CT molecular complexity index is 804. The van der Waals surface area contributed by atoms with Gasteiger partial charge < -0.3 is 10.2 Å². The van der Waals surface area contributed by atoms with Crippen molar-refractivity contribution in [1.82, 2.24) is 10.3 Å². The fourth-order valence-corrected chi connectivity index (χ4v) is 3.74. The Morgan fingerprint density at radius 3 is 2.65 bits per heavy atom. The van der Waals surface area contributed by atoms with E-state index in [9.17, 15) is 9.18 Å². The van der Waals surface area contributed by atoms with Crippen molar-refractivity contribution in [3.63, 3.8) is 0 Å². The molecule has 1 aliphatic heterocycles. The van der Waals surface area contributed by atoms with Crippen molar-refractivity contribution in [2.24, 2.45) is 5.92 Å². The maximum Gasteiger partial charge on any atom is 0.223 e. The molecule has 138 valence electrons. The van der Waals surface area contributed by atoms with Gasteiger partial charge in [-0.2, -0.15) is 0 Å². The second-order valence-corrected chi connectivity index (χ2v) is 7.77. The maximum absolute atomic E-state index is 13.6. The minimum atomic E-state index is -0.234. The highest BCUT2D eigenvalue weighted by Crippen LogP contribution is 2.26. The Morgan fingerprint density at radius 2 is 2.00 bits per heavy atom. The van der Waals surface area contributed by atoms with Gasteiger partial charge in [0.2, 0.25) is 5.91 Å². The van der Waals surface area contributed by atoms with Gasteiger partial charge in [0, 0.05) is 36.2 Å². The number of halogens is 2. The van der Waals surface area contributed by atoms with Crippen LogP contribution in [0.25, 0.3) is 0 Å². The number of amides is 1. The summed E-state index contributed by atoms with van der Waals surface area (Å²) >= 11 is 3.44. The fourth-order valence-electron chi connectivity index (χ4n) is 3.30. The van der Waals surface area contributed by atoms with Gasteiger partial charge in [0.25, 0.3) is 0 Å². The predicted molar refractivity (Wildman–Crippen MR) is 105 cm³/mol. The van der Waals surface area contributed by atoms with Gasteiger partial charge in [0.1, 0.15) is 11.6 Å². The average molecular weight is 420 g/mol. The molecule has 0 unspecified atom stereocenters. The predicted octanol–water partition coefficient (Wildman–Crippen LogP) is 4.13. The quantitative estimate of drug-likeness (QED) is 0.809. The van der Waals surface area contributed by atoms with Crippen LogP contribution in [-0.4, -0.2) is 24.0 Å². The molecule has 0 radical (unpaired) electrons. The molecule has 1 amide bonds. The zero-order valence-corrected chi connectivity index (χ0v) is 16.6. The number of hydrogen-bond acceptors (Lipinski definition) is 3. The number of carbonyl (C=O) groups is 1. The molecule has 1 N–H and O–H groups in total. The molecule has 1 fully saturated rings. The third-order valence-electron chi connectivity index (χ3n) is 4.89. The van der Waals surface area contributed by atoms with Gasteiger partial charge >= 0.3 is 0 Å².